The zero-order valence-corrected chi connectivity index (χ0v) is 8.49. The Balaban J connectivity index is 2.05. The highest BCUT2D eigenvalue weighted by Crippen LogP contribution is 2.15. The number of hydrogen-bond acceptors (Lipinski definition) is 4. The molecular weight excluding hydrogens is 190 g/mol. The van der Waals surface area contributed by atoms with E-state index in [0.717, 1.165) is 11.4 Å². The summed E-state index contributed by atoms with van der Waals surface area (Å²) >= 11 is 0. The number of pyridine rings is 1. The van der Waals surface area contributed by atoms with E-state index in [-0.39, 0.29) is 0 Å². The van der Waals surface area contributed by atoms with Crippen molar-refractivity contribution in [3.8, 4) is 0 Å². The summed E-state index contributed by atoms with van der Waals surface area (Å²) in [6.45, 7) is 2.55. The van der Waals surface area contributed by atoms with Gasteiger partial charge in [0.15, 0.2) is 0 Å². The molecule has 0 aliphatic rings. The molecule has 15 heavy (non-hydrogen) atoms. The monoisotopic (exact) mass is 203 g/mol. The van der Waals surface area contributed by atoms with E-state index in [4.69, 9.17) is 5.73 Å². The lowest BCUT2D eigenvalue weighted by Crippen LogP contribution is -2.05. The maximum absolute atomic E-state index is 5.81. The number of nitrogen functional groups attached to an aromatic ring is 1. The van der Waals surface area contributed by atoms with Gasteiger partial charge in [-0.25, -0.2) is 9.97 Å². The van der Waals surface area contributed by atoms with Crippen molar-refractivity contribution in [2.75, 3.05) is 11.1 Å². The zero-order valence-electron chi connectivity index (χ0n) is 8.49. The lowest BCUT2D eigenvalue weighted by Gasteiger charge is -2.06. The SMILES string of the molecule is Cc1cnc(NCc2ncc[nH]2)c(N)c1. The highest BCUT2D eigenvalue weighted by molar-refractivity contribution is 5.61. The Morgan fingerprint density at radius 2 is 2.33 bits per heavy atom. The standard InChI is InChI=1S/C10H13N5/c1-7-4-8(11)10(14-5-7)15-6-9-12-2-3-13-9/h2-5H,6,11H2,1H3,(H,12,13)(H,14,15). The summed E-state index contributed by atoms with van der Waals surface area (Å²) in [5.41, 5.74) is 7.51. The molecule has 2 rings (SSSR count). The number of nitrogens with zero attached hydrogens (tertiary/aromatic N) is 2. The average molecular weight is 203 g/mol. The van der Waals surface area contributed by atoms with E-state index in [0.29, 0.717) is 18.1 Å². The second-order valence-electron chi connectivity index (χ2n) is 3.34. The third kappa shape index (κ3) is 2.25. The average Bonchev–Trinajstić information content (AvgIpc) is 2.69. The predicted octanol–water partition coefficient (Wildman–Crippen LogP) is 1.31. The molecule has 2 aromatic heterocycles. The van der Waals surface area contributed by atoms with Gasteiger partial charge in [0.1, 0.15) is 11.6 Å². The van der Waals surface area contributed by atoms with E-state index >= 15 is 0 Å². The number of anilines is 2. The van der Waals surface area contributed by atoms with Gasteiger partial charge in [-0.2, -0.15) is 0 Å². The van der Waals surface area contributed by atoms with Crippen LogP contribution in [0.4, 0.5) is 11.5 Å². The fraction of sp³-hybridized carbons (Fsp3) is 0.200. The van der Waals surface area contributed by atoms with E-state index in [1.54, 1.807) is 18.6 Å². The zero-order chi connectivity index (χ0) is 10.7. The van der Waals surface area contributed by atoms with Crippen LogP contribution in [0.25, 0.3) is 0 Å². The van der Waals surface area contributed by atoms with Gasteiger partial charge in [0, 0.05) is 18.6 Å². The molecule has 0 aliphatic heterocycles. The summed E-state index contributed by atoms with van der Waals surface area (Å²) in [5, 5.41) is 3.11. The van der Waals surface area contributed by atoms with E-state index < -0.39 is 0 Å². The minimum Gasteiger partial charge on any atom is -0.396 e. The van der Waals surface area contributed by atoms with Crippen LogP contribution in [0, 0.1) is 6.92 Å². The predicted molar refractivity (Wildman–Crippen MR) is 59.3 cm³/mol. The molecule has 0 aliphatic carbocycles. The Morgan fingerprint density at radius 1 is 1.47 bits per heavy atom. The van der Waals surface area contributed by atoms with Crippen LogP contribution in [0.1, 0.15) is 11.4 Å². The quantitative estimate of drug-likeness (QED) is 0.702. The van der Waals surface area contributed by atoms with Crippen LogP contribution < -0.4 is 11.1 Å². The number of H-pyrrole nitrogens is 1. The van der Waals surface area contributed by atoms with Crippen molar-refractivity contribution in [3.63, 3.8) is 0 Å². The van der Waals surface area contributed by atoms with E-state index in [9.17, 15) is 0 Å². The second-order valence-corrected chi connectivity index (χ2v) is 3.34. The van der Waals surface area contributed by atoms with Crippen molar-refractivity contribution >= 4 is 11.5 Å². The highest BCUT2D eigenvalue weighted by atomic mass is 15.0. The maximum atomic E-state index is 5.81. The molecule has 0 aromatic carbocycles. The van der Waals surface area contributed by atoms with Gasteiger partial charge >= 0.3 is 0 Å². The largest absolute Gasteiger partial charge is 0.396 e. The molecule has 2 heterocycles. The summed E-state index contributed by atoms with van der Waals surface area (Å²) in [6.07, 6.45) is 5.27. The first-order valence-electron chi connectivity index (χ1n) is 4.70. The first-order chi connectivity index (χ1) is 7.25. The van der Waals surface area contributed by atoms with Crippen LogP contribution in [0.15, 0.2) is 24.7 Å². The molecule has 2 aromatic rings. The molecule has 5 nitrogen and oxygen atoms in total. The number of aromatic nitrogens is 3. The van der Waals surface area contributed by atoms with Gasteiger partial charge in [-0.15, -0.1) is 0 Å². The molecule has 5 heteroatoms. The van der Waals surface area contributed by atoms with Gasteiger partial charge in [0.2, 0.25) is 0 Å². The summed E-state index contributed by atoms with van der Waals surface area (Å²) in [7, 11) is 0. The Hall–Kier alpha value is -2.04. The lowest BCUT2D eigenvalue weighted by molar-refractivity contribution is 0.988. The van der Waals surface area contributed by atoms with Gasteiger partial charge in [-0.05, 0) is 18.6 Å². The Labute approximate surface area is 87.8 Å². The first kappa shape index (κ1) is 9.51. The fourth-order valence-corrected chi connectivity index (χ4v) is 1.30. The number of imidazole rings is 1. The van der Waals surface area contributed by atoms with Gasteiger partial charge in [0.05, 0.1) is 12.2 Å². The Kier molecular flexibility index (Phi) is 2.53. The highest BCUT2D eigenvalue weighted by Gasteiger charge is 2.01. The van der Waals surface area contributed by atoms with Crippen molar-refractivity contribution in [2.24, 2.45) is 0 Å². The minimum absolute atomic E-state index is 0.591. The van der Waals surface area contributed by atoms with Crippen LogP contribution in [0.2, 0.25) is 0 Å². The van der Waals surface area contributed by atoms with Crippen LogP contribution in [0.3, 0.4) is 0 Å². The third-order valence-corrected chi connectivity index (χ3v) is 2.03. The molecule has 0 fully saturated rings. The fourth-order valence-electron chi connectivity index (χ4n) is 1.30. The number of rotatable bonds is 3. The topological polar surface area (TPSA) is 79.6 Å². The van der Waals surface area contributed by atoms with Crippen molar-refractivity contribution in [3.05, 3.63) is 36.0 Å². The first-order valence-corrected chi connectivity index (χ1v) is 4.70. The number of aryl methyl sites for hydroxylation is 1. The minimum atomic E-state index is 0.591. The Bertz CT molecular complexity index is 435. The summed E-state index contributed by atoms with van der Waals surface area (Å²) in [6, 6.07) is 1.89. The Morgan fingerprint density at radius 3 is 3.00 bits per heavy atom. The normalized spacial score (nSPS) is 10.2. The van der Waals surface area contributed by atoms with Crippen LogP contribution >= 0.6 is 0 Å². The molecule has 4 N–H and O–H groups in total. The molecular formula is C10H13N5. The molecule has 78 valence electrons. The van der Waals surface area contributed by atoms with Gasteiger partial charge in [-0.3, -0.25) is 0 Å². The van der Waals surface area contributed by atoms with Crippen molar-refractivity contribution < 1.29 is 0 Å². The summed E-state index contributed by atoms with van der Waals surface area (Å²) in [4.78, 5) is 11.3. The third-order valence-electron chi connectivity index (χ3n) is 2.03. The number of nitrogens with two attached hydrogens (primary N) is 1. The van der Waals surface area contributed by atoms with Gasteiger partial charge < -0.3 is 16.0 Å². The molecule has 0 amide bonds. The maximum Gasteiger partial charge on any atom is 0.149 e. The molecule has 0 bridgehead atoms. The van der Waals surface area contributed by atoms with E-state index in [1.807, 2.05) is 13.0 Å². The molecule has 0 spiro atoms. The van der Waals surface area contributed by atoms with Crippen molar-refractivity contribution in [1.82, 2.24) is 15.0 Å². The van der Waals surface area contributed by atoms with Gasteiger partial charge in [0.25, 0.3) is 0 Å². The van der Waals surface area contributed by atoms with E-state index in [2.05, 4.69) is 20.3 Å². The lowest BCUT2D eigenvalue weighted by atomic mass is 10.3. The van der Waals surface area contributed by atoms with Crippen molar-refractivity contribution in [2.45, 2.75) is 13.5 Å². The molecule has 0 saturated carbocycles. The molecule has 0 unspecified atom stereocenters. The summed E-state index contributed by atoms with van der Waals surface area (Å²) in [5.74, 6) is 1.55. The summed E-state index contributed by atoms with van der Waals surface area (Å²) < 4.78 is 0. The number of hydrogen-bond donors (Lipinski definition) is 3. The molecule has 0 atom stereocenters. The van der Waals surface area contributed by atoms with Crippen LogP contribution in [0.5, 0.6) is 0 Å². The van der Waals surface area contributed by atoms with E-state index in [1.165, 1.54) is 0 Å². The van der Waals surface area contributed by atoms with Crippen molar-refractivity contribution in [1.29, 1.82) is 0 Å². The smallest absolute Gasteiger partial charge is 0.149 e. The van der Waals surface area contributed by atoms with Crippen LogP contribution in [-0.2, 0) is 6.54 Å². The number of aromatic amines is 1. The molecule has 0 saturated heterocycles. The molecule has 0 radical (unpaired) electrons. The number of nitrogens with one attached hydrogen (secondary N) is 2. The second kappa shape index (κ2) is 4.00. The van der Waals surface area contributed by atoms with Crippen LogP contribution in [-0.4, -0.2) is 15.0 Å². The van der Waals surface area contributed by atoms with Gasteiger partial charge in [-0.1, -0.05) is 0 Å².